The highest BCUT2D eigenvalue weighted by molar-refractivity contribution is 5.94. The minimum Gasteiger partial charge on any atom is -0.389 e. The molecular formula is C13H16F2N2O4. The molecule has 0 saturated carbocycles. The van der Waals surface area contributed by atoms with Crippen LogP contribution in [0.3, 0.4) is 0 Å². The molecular weight excluding hydrogens is 286 g/mol. The summed E-state index contributed by atoms with van der Waals surface area (Å²) in [7, 11) is 0. The number of likely N-dealkylation sites (N-methyl/N-ethyl adjacent to an activating group) is 1. The summed E-state index contributed by atoms with van der Waals surface area (Å²) >= 11 is 0. The molecule has 0 radical (unpaired) electrons. The minimum atomic E-state index is -1.29. The summed E-state index contributed by atoms with van der Waals surface area (Å²) in [4.78, 5) is 22.7. The Labute approximate surface area is 120 Å². The Hall–Kier alpha value is -2.09. The summed E-state index contributed by atoms with van der Waals surface area (Å²) in [5, 5.41) is 20.2. The van der Waals surface area contributed by atoms with Crippen molar-refractivity contribution in [3.8, 4) is 0 Å². The molecule has 0 aliphatic heterocycles. The van der Waals surface area contributed by atoms with Crippen molar-refractivity contribution in [2.75, 3.05) is 13.1 Å². The van der Waals surface area contributed by atoms with E-state index >= 15 is 0 Å². The Morgan fingerprint density at radius 2 is 1.95 bits per heavy atom. The third kappa shape index (κ3) is 4.19. The van der Waals surface area contributed by atoms with Gasteiger partial charge >= 0.3 is 5.69 Å². The van der Waals surface area contributed by atoms with Crippen molar-refractivity contribution in [3.05, 3.63) is 39.4 Å². The van der Waals surface area contributed by atoms with Gasteiger partial charge in [-0.3, -0.25) is 14.9 Å². The van der Waals surface area contributed by atoms with Crippen LogP contribution in [0.5, 0.6) is 0 Å². The highest BCUT2D eigenvalue weighted by Gasteiger charge is 2.27. The molecule has 0 unspecified atom stereocenters. The van der Waals surface area contributed by atoms with Gasteiger partial charge in [-0.1, -0.05) is 0 Å². The number of rotatable bonds is 5. The Morgan fingerprint density at radius 3 is 2.38 bits per heavy atom. The van der Waals surface area contributed by atoms with Gasteiger partial charge in [0.05, 0.1) is 22.2 Å². The van der Waals surface area contributed by atoms with E-state index in [1.165, 1.54) is 13.8 Å². The number of halogens is 2. The highest BCUT2D eigenvalue weighted by Crippen LogP contribution is 2.23. The average Bonchev–Trinajstić information content (AvgIpc) is 2.36. The van der Waals surface area contributed by atoms with Crippen LogP contribution in [0.15, 0.2) is 12.1 Å². The van der Waals surface area contributed by atoms with E-state index in [2.05, 4.69) is 0 Å². The van der Waals surface area contributed by atoms with Gasteiger partial charge in [-0.15, -0.1) is 0 Å². The van der Waals surface area contributed by atoms with Crippen LogP contribution in [-0.4, -0.2) is 39.5 Å². The number of carbonyl (C=O) groups excluding carboxylic acids is 1. The molecule has 1 N–H and O–H groups in total. The van der Waals surface area contributed by atoms with E-state index in [0.717, 1.165) is 4.90 Å². The van der Waals surface area contributed by atoms with E-state index in [9.17, 15) is 28.8 Å². The SMILES string of the molecule is CCN(CC(C)(C)O)C(=O)c1cc(F)c([N+](=O)[O-])cc1F. The van der Waals surface area contributed by atoms with Gasteiger partial charge in [-0.25, -0.2) is 4.39 Å². The molecule has 0 aliphatic rings. The van der Waals surface area contributed by atoms with Crippen LogP contribution >= 0.6 is 0 Å². The molecule has 0 heterocycles. The lowest BCUT2D eigenvalue weighted by Gasteiger charge is -2.28. The van der Waals surface area contributed by atoms with Crippen LogP contribution in [0, 0.1) is 21.7 Å². The molecule has 1 rings (SSSR count). The van der Waals surface area contributed by atoms with Gasteiger partial charge in [-0.05, 0) is 26.8 Å². The molecule has 0 spiro atoms. The Balaban J connectivity index is 3.18. The second-order valence-corrected chi connectivity index (χ2v) is 5.17. The fourth-order valence-corrected chi connectivity index (χ4v) is 1.80. The summed E-state index contributed by atoms with van der Waals surface area (Å²) < 4.78 is 27.3. The predicted octanol–water partition coefficient (Wildman–Crippen LogP) is 2.11. The standard InChI is InChI=1S/C13H16F2N2O4/c1-4-16(7-13(2,3)19)12(18)8-5-10(15)11(17(20)21)6-9(8)14/h5-6,19H,4,7H2,1-3H3. The highest BCUT2D eigenvalue weighted by atomic mass is 19.1. The quantitative estimate of drug-likeness (QED) is 0.667. The molecule has 1 aromatic rings. The first-order chi connectivity index (χ1) is 9.56. The zero-order valence-electron chi connectivity index (χ0n) is 11.9. The molecule has 116 valence electrons. The van der Waals surface area contributed by atoms with Gasteiger partial charge in [0, 0.05) is 13.1 Å². The van der Waals surface area contributed by atoms with Crippen LogP contribution in [0.1, 0.15) is 31.1 Å². The van der Waals surface area contributed by atoms with E-state index in [0.29, 0.717) is 12.1 Å². The van der Waals surface area contributed by atoms with Crippen molar-refractivity contribution in [2.24, 2.45) is 0 Å². The maximum absolute atomic E-state index is 13.8. The second kappa shape index (κ2) is 6.13. The van der Waals surface area contributed by atoms with E-state index < -0.39 is 39.3 Å². The average molecular weight is 302 g/mol. The lowest BCUT2D eigenvalue weighted by Crippen LogP contribution is -2.42. The third-order valence-corrected chi connectivity index (χ3v) is 2.71. The van der Waals surface area contributed by atoms with Crippen molar-refractivity contribution >= 4 is 11.6 Å². The van der Waals surface area contributed by atoms with Crippen LogP contribution in [-0.2, 0) is 0 Å². The first-order valence-corrected chi connectivity index (χ1v) is 6.22. The minimum absolute atomic E-state index is 0.0830. The number of carbonyl (C=O) groups is 1. The van der Waals surface area contributed by atoms with E-state index in [1.807, 2.05) is 0 Å². The first-order valence-electron chi connectivity index (χ1n) is 6.22. The fraction of sp³-hybridized carbons (Fsp3) is 0.462. The van der Waals surface area contributed by atoms with Crippen LogP contribution in [0.4, 0.5) is 14.5 Å². The van der Waals surface area contributed by atoms with Crippen molar-refractivity contribution < 1.29 is 23.6 Å². The summed E-state index contributed by atoms with van der Waals surface area (Å²) in [6, 6.07) is 0.878. The van der Waals surface area contributed by atoms with Crippen LogP contribution in [0.2, 0.25) is 0 Å². The van der Waals surface area contributed by atoms with Gasteiger partial charge in [0.25, 0.3) is 5.91 Å². The summed E-state index contributed by atoms with van der Waals surface area (Å²) in [6.07, 6.45) is 0. The number of hydrogen-bond donors (Lipinski definition) is 1. The molecule has 6 nitrogen and oxygen atoms in total. The molecule has 1 amide bonds. The van der Waals surface area contributed by atoms with Gasteiger partial charge in [0.1, 0.15) is 5.82 Å². The molecule has 21 heavy (non-hydrogen) atoms. The zero-order valence-corrected chi connectivity index (χ0v) is 11.9. The summed E-state index contributed by atoms with van der Waals surface area (Å²) in [5.41, 5.74) is -2.85. The number of amides is 1. The van der Waals surface area contributed by atoms with Gasteiger partial charge in [0.15, 0.2) is 0 Å². The number of hydrogen-bond acceptors (Lipinski definition) is 4. The molecule has 8 heteroatoms. The topological polar surface area (TPSA) is 83.7 Å². The molecule has 0 atom stereocenters. The number of nitrogens with zero attached hydrogens (tertiary/aromatic N) is 2. The van der Waals surface area contributed by atoms with Crippen molar-refractivity contribution in [3.63, 3.8) is 0 Å². The lowest BCUT2D eigenvalue weighted by atomic mass is 10.1. The maximum Gasteiger partial charge on any atom is 0.307 e. The predicted molar refractivity (Wildman–Crippen MR) is 70.9 cm³/mol. The van der Waals surface area contributed by atoms with Gasteiger partial charge in [0.2, 0.25) is 5.82 Å². The lowest BCUT2D eigenvalue weighted by molar-refractivity contribution is -0.387. The second-order valence-electron chi connectivity index (χ2n) is 5.17. The first kappa shape index (κ1) is 17.0. The zero-order chi connectivity index (χ0) is 16.4. The Kier molecular flexibility index (Phi) is 4.95. The van der Waals surface area contributed by atoms with Crippen molar-refractivity contribution in [1.29, 1.82) is 0 Å². The number of nitro groups is 1. The Morgan fingerprint density at radius 1 is 1.38 bits per heavy atom. The normalized spacial score (nSPS) is 11.3. The maximum atomic E-state index is 13.8. The molecule has 1 aromatic carbocycles. The Bertz CT molecular complexity index is 570. The van der Waals surface area contributed by atoms with Crippen molar-refractivity contribution in [2.45, 2.75) is 26.4 Å². The molecule has 0 aliphatic carbocycles. The van der Waals surface area contributed by atoms with Gasteiger partial charge in [-0.2, -0.15) is 4.39 Å². The van der Waals surface area contributed by atoms with E-state index in [4.69, 9.17) is 0 Å². The van der Waals surface area contributed by atoms with Crippen LogP contribution in [0.25, 0.3) is 0 Å². The number of benzene rings is 1. The van der Waals surface area contributed by atoms with E-state index in [-0.39, 0.29) is 13.1 Å². The molecule has 0 aromatic heterocycles. The van der Waals surface area contributed by atoms with Crippen molar-refractivity contribution in [1.82, 2.24) is 4.90 Å². The summed E-state index contributed by atoms with van der Waals surface area (Å²) in [6.45, 7) is 4.63. The summed E-state index contributed by atoms with van der Waals surface area (Å²) in [5.74, 6) is -3.31. The number of nitro benzene ring substituents is 1. The molecule has 0 fully saturated rings. The molecule has 0 bridgehead atoms. The monoisotopic (exact) mass is 302 g/mol. The van der Waals surface area contributed by atoms with E-state index in [1.54, 1.807) is 6.92 Å². The smallest absolute Gasteiger partial charge is 0.307 e. The number of aliphatic hydroxyl groups is 1. The fourth-order valence-electron chi connectivity index (χ4n) is 1.80. The molecule has 0 saturated heterocycles. The van der Waals surface area contributed by atoms with Crippen LogP contribution < -0.4 is 0 Å². The van der Waals surface area contributed by atoms with Gasteiger partial charge < -0.3 is 10.0 Å². The third-order valence-electron chi connectivity index (χ3n) is 2.71. The largest absolute Gasteiger partial charge is 0.389 e.